The van der Waals surface area contributed by atoms with E-state index < -0.39 is 0 Å². The van der Waals surface area contributed by atoms with E-state index >= 15 is 0 Å². The van der Waals surface area contributed by atoms with Gasteiger partial charge in [0, 0.05) is 37.7 Å². The average Bonchev–Trinajstić information content (AvgIpc) is 3.03. The number of piperidine rings is 1. The Morgan fingerprint density at radius 3 is 2.68 bits per heavy atom. The van der Waals surface area contributed by atoms with Gasteiger partial charge in [-0.2, -0.15) is 0 Å². The summed E-state index contributed by atoms with van der Waals surface area (Å²) in [6.07, 6.45) is 4.51. The third-order valence-electron chi connectivity index (χ3n) is 5.04. The van der Waals surface area contributed by atoms with Crippen molar-refractivity contribution in [3.63, 3.8) is 0 Å². The maximum atomic E-state index is 12.6. The maximum Gasteiger partial charge on any atom is 0.251 e. The minimum Gasteiger partial charge on any atom is -0.349 e. The SMILES string of the molecule is CCCN1CCC(NC(=O)c2ccc(Cl)c(N3CCCC3=O)c2)CC1. The van der Waals surface area contributed by atoms with Gasteiger partial charge in [-0.25, -0.2) is 0 Å². The van der Waals surface area contributed by atoms with Gasteiger partial charge in [-0.15, -0.1) is 0 Å². The van der Waals surface area contributed by atoms with E-state index in [2.05, 4.69) is 17.1 Å². The van der Waals surface area contributed by atoms with Crippen molar-refractivity contribution in [2.24, 2.45) is 0 Å². The molecule has 3 rings (SSSR count). The number of carbonyl (C=O) groups excluding carboxylic acids is 2. The third kappa shape index (κ3) is 4.33. The summed E-state index contributed by atoms with van der Waals surface area (Å²) >= 11 is 6.25. The van der Waals surface area contributed by atoms with Crippen molar-refractivity contribution in [2.45, 2.75) is 45.1 Å². The smallest absolute Gasteiger partial charge is 0.251 e. The van der Waals surface area contributed by atoms with E-state index in [4.69, 9.17) is 11.6 Å². The number of amides is 2. The predicted octanol–water partition coefficient (Wildman–Crippen LogP) is 3.07. The molecule has 1 aromatic rings. The summed E-state index contributed by atoms with van der Waals surface area (Å²) in [7, 11) is 0. The highest BCUT2D eigenvalue weighted by molar-refractivity contribution is 6.34. The van der Waals surface area contributed by atoms with Crippen molar-refractivity contribution in [2.75, 3.05) is 31.1 Å². The first-order chi connectivity index (χ1) is 12.1. The largest absolute Gasteiger partial charge is 0.349 e. The normalized spacial score (nSPS) is 19.4. The van der Waals surface area contributed by atoms with Gasteiger partial charge >= 0.3 is 0 Å². The number of anilines is 1. The molecule has 2 amide bonds. The van der Waals surface area contributed by atoms with Crippen LogP contribution in [0.25, 0.3) is 0 Å². The second-order valence-electron chi connectivity index (χ2n) is 6.90. The molecule has 0 aromatic heterocycles. The summed E-state index contributed by atoms with van der Waals surface area (Å²) in [5.41, 5.74) is 1.21. The van der Waals surface area contributed by atoms with Crippen LogP contribution >= 0.6 is 11.6 Å². The number of halogens is 1. The summed E-state index contributed by atoms with van der Waals surface area (Å²) in [6.45, 7) is 6.06. The molecule has 2 fully saturated rings. The lowest BCUT2D eigenvalue weighted by atomic mass is 10.0. The van der Waals surface area contributed by atoms with Gasteiger partial charge in [0.15, 0.2) is 0 Å². The van der Waals surface area contributed by atoms with Crippen LogP contribution in [0.5, 0.6) is 0 Å². The predicted molar refractivity (Wildman–Crippen MR) is 100 cm³/mol. The summed E-state index contributed by atoms with van der Waals surface area (Å²) in [4.78, 5) is 28.7. The molecule has 0 bridgehead atoms. The van der Waals surface area contributed by atoms with Crippen LogP contribution in [0, 0.1) is 0 Å². The van der Waals surface area contributed by atoms with E-state index in [-0.39, 0.29) is 17.9 Å². The molecule has 5 nitrogen and oxygen atoms in total. The van der Waals surface area contributed by atoms with Gasteiger partial charge in [0.25, 0.3) is 5.91 Å². The van der Waals surface area contributed by atoms with Crippen LogP contribution in [0.15, 0.2) is 18.2 Å². The molecule has 0 saturated carbocycles. The van der Waals surface area contributed by atoms with Gasteiger partial charge in [-0.1, -0.05) is 18.5 Å². The highest BCUT2D eigenvalue weighted by Crippen LogP contribution is 2.30. The molecule has 1 N–H and O–H groups in total. The molecule has 25 heavy (non-hydrogen) atoms. The highest BCUT2D eigenvalue weighted by atomic mass is 35.5. The Hall–Kier alpha value is -1.59. The molecule has 1 aromatic carbocycles. The molecule has 2 heterocycles. The van der Waals surface area contributed by atoms with Crippen molar-refractivity contribution in [1.82, 2.24) is 10.2 Å². The standard InChI is InChI=1S/C19H26ClN3O2/c1-2-9-22-11-7-15(8-12-22)21-19(25)14-5-6-16(20)17(13-14)23-10-3-4-18(23)24/h5-6,13,15H,2-4,7-12H2,1H3,(H,21,25). The Morgan fingerprint density at radius 1 is 1.28 bits per heavy atom. The first-order valence-electron chi connectivity index (χ1n) is 9.21. The number of hydrogen-bond donors (Lipinski definition) is 1. The van der Waals surface area contributed by atoms with Gasteiger partial charge in [0.05, 0.1) is 10.7 Å². The number of likely N-dealkylation sites (tertiary alicyclic amines) is 1. The van der Waals surface area contributed by atoms with E-state index in [1.54, 1.807) is 23.1 Å². The fourth-order valence-corrected chi connectivity index (χ4v) is 3.87. The lowest BCUT2D eigenvalue weighted by molar-refractivity contribution is -0.117. The van der Waals surface area contributed by atoms with Gasteiger partial charge in [-0.3, -0.25) is 9.59 Å². The molecule has 0 radical (unpaired) electrons. The Kier molecular flexibility index (Phi) is 5.97. The Labute approximate surface area is 154 Å². The van der Waals surface area contributed by atoms with Gasteiger partial charge in [-0.05, 0) is 50.4 Å². The van der Waals surface area contributed by atoms with E-state index in [0.29, 0.717) is 29.2 Å². The van der Waals surface area contributed by atoms with Gasteiger partial charge in [0.1, 0.15) is 0 Å². The number of hydrogen-bond acceptors (Lipinski definition) is 3. The molecular weight excluding hydrogens is 338 g/mol. The number of nitrogens with one attached hydrogen (secondary N) is 1. The van der Waals surface area contributed by atoms with Crippen LogP contribution in [0.4, 0.5) is 5.69 Å². The zero-order valence-corrected chi connectivity index (χ0v) is 15.5. The van der Waals surface area contributed by atoms with Gasteiger partial charge < -0.3 is 15.1 Å². The number of nitrogens with zero attached hydrogens (tertiary/aromatic N) is 2. The molecule has 0 atom stereocenters. The minimum absolute atomic E-state index is 0.0720. The number of benzene rings is 1. The van der Waals surface area contributed by atoms with Crippen LogP contribution in [0.3, 0.4) is 0 Å². The number of rotatable bonds is 5. The van der Waals surface area contributed by atoms with Crippen molar-refractivity contribution in [3.8, 4) is 0 Å². The topological polar surface area (TPSA) is 52.7 Å². The van der Waals surface area contributed by atoms with Crippen LogP contribution in [-0.4, -0.2) is 48.9 Å². The van der Waals surface area contributed by atoms with E-state index in [1.807, 2.05) is 0 Å². The van der Waals surface area contributed by atoms with Crippen molar-refractivity contribution >= 4 is 29.1 Å². The Balaban J connectivity index is 1.64. The molecule has 2 saturated heterocycles. The molecule has 0 unspecified atom stereocenters. The molecule has 6 heteroatoms. The van der Waals surface area contributed by atoms with E-state index in [9.17, 15) is 9.59 Å². The summed E-state index contributed by atoms with van der Waals surface area (Å²) in [5, 5.41) is 3.65. The van der Waals surface area contributed by atoms with Gasteiger partial charge in [0.2, 0.25) is 5.91 Å². The fourth-order valence-electron chi connectivity index (χ4n) is 3.65. The summed E-state index contributed by atoms with van der Waals surface area (Å²) in [5.74, 6) is -0.0127. The van der Waals surface area contributed by atoms with E-state index in [1.165, 1.54) is 6.42 Å². The second kappa shape index (κ2) is 8.19. The lowest BCUT2D eigenvalue weighted by Crippen LogP contribution is -2.44. The third-order valence-corrected chi connectivity index (χ3v) is 5.35. The Morgan fingerprint density at radius 2 is 2.04 bits per heavy atom. The van der Waals surface area contributed by atoms with Crippen molar-refractivity contribution in [3.05, 3.63) is 28.8 Å². The van der Waals surface area contributed by atoms with Crippen LogP contribution in [0.1, 0.15) is 49.4 Å². The van der Waals surface area contributed by atoms with Crippen molar-refractivity contribution in [1.29, 1.82) is 0 Å². The second-order valence-corrected chi connectivity index (χ2v) is 7.31. The molecule has 2 aliphatic rings. The Bertz CT molecular complexity index is 642. The quantitative estimate of drug-likeness (QED) is 0.874. The molecule has 136 valence electrons. The van der Waals surface area contributed by atoms with Crippen LogP contribution in [0.2, 0.25) is 5.02 Å². The molecular formula is C19H26ClN3O2. The number of carbonyl (C=O) groups is 2. The fraction of sp³-hybridized carbons (Fsp3) is 0.579. The van der Waals surface area contributed by atoms with Crippen LogP contribution in [-0.2, 0) is 4.79 Å². The first-order valence-corrected chi connectivity index (χ1v) is 9.59. The minimum atomic E-state index is -0.0847. The average molecular weight is 364 g/mol. The lowest BCUT2D eigenvalue weighted by Gasteiger charge is -2.32. The molecule has 0 spiro atoms. The highest BCUT2D eigenvalue weighted by Gasteiger charge is 2.25. The van der Waals surface area contributed by atoms with Crippen molar-refractivity contribution < 1.29 is 9.59 Å². The molecule has 0 aliphatic carbocycles. The van der Waals surface area contributed by atoms with E-state index in [0.717, 1.165) is 38.9 Å². The summed E-state index contributed by atoms with van der Waals surface area (Å²) < 4.78 is 0. The summed E-state index contributed by atoms with van der Waals surface area (Å²) in [6, 6.07) is 5.40. The maximum absolute atomic E-state index is 12.6. The monoisotopic (exact) mass is 363 g/mol. The zero-order chi connectivity index (χ0) is 17.8. The molecule has 2 aliphatic heterocycles. The van der Waals surface area contributed by atoms with Crippen LogP contribution < -0.4 is 10.2 Å². The first kappa shape index (κ1) is 18.2. The zero-order valence-electron chi connectivity index (χ0n) is 14.8.